The van der Waals surface area contributed by atoms with Gasteiger partial charge >= 0.3 is 17.6 Å². The highest BCUT2D eigenvalue weighted by Crippen LogP contribution is 2.47. The Hall–Kier alpha value is -5.69. The maximum atomic E-state index is 13.2. The summed E-state index contributed by atoms with van der Waals surface area (Å²) in [6.07, 6.45) is -9.81. The van der Waals surface area contributed by atoms with Crippen LogP contribution in [0.5, 0.6) is 46.0 Å². The highest BCUT2D eigenvalue weighted by Gasteiger charge is 2.46. The molecule has 2 heterocycles. The lowest BCUT2D eigenvalue weighted by Crippen LogP contribution is -2.59. The summed E-state index contributed by atoms with van der Waals surface area (Å²) in [5, 5.41) is 109. The summed E-state index contributed by atoms with van der Waals surface area (Å²) in [5.74, 6) is -10.6. The maximum Gasteiger partial charge on any atom is 0.344 e. The van der Waals surface area contributed by atoms with E-state index >= 15 is 0 Å². The lowest BCUT2D eigenvalue weighted by Gasteiger charge is -2.39. The molecule has 5 unspecified atom stereocenters. The van der Waals surface area contributed by atoms with Crippen molar-refractivity contribution in [2.45, 2.75) is 30.7 Å². The molecule has 1 fully saturated rings. The highest BCUT2D eigenvalue weighted by molar-refractivity contribution is 6.19. The molecule has 4 aromatic rings. The van der Waals surface area contributed by atoms with Crippen LogP contribution in [0.25, 0.3) is 21.7 Å². The fourth-order valence-corrected chi connectivity index (χ4v) is 4.63. The third-order valence-corrected chi connectivity index (χ3v) is 6.95. The van der Waals surface area contributed by atoms with E-state index < -0.39 is 134 Å². The fraction of sp³-hybridized carbons (Fsp3) is 0.222. The van der Waals surface area contributed by atoms with Gasteiger partial charge in [-0.3, -0.25) is 0 Å². The quantitative estimate of drug-likeness (QED) is 0.0565. The summed E-state index contributed by atoms with van der Waals surface area (Å²) in [7, 11) is 0. The number of phenolic OH excluding ortho intramolecular Hbond substituents is 8. The van der Waals surface area contributed by atoms with Crippen LogP contribution in [0.15, 0.2) is 33.5 Å². The van der Waals surface area contributed by atoms with Gasteiger partial charge < -0.3 is 74.8 Å². The molecular formula is C27H22O18. The molecule has 18 nitrogen and oxygen atoms in total. The first kappa shape index (κ1) is 30.8. The summed E-state index contributed by atoms with van der Waals surface area (Å²) in [5.41, 5.74) is -3.29. The first-order chi connectivity index (χ1) is 21.1. The number of hydrogen-bond donors (Lipinski definition) is 11. The van der Waals surface area contributed by atoms with Crippen molar-refractivity contribution in [3.05, 3.63) is 45.8 Å². The first-order valence-corrected chi connectivity index (χ1v) is 12.5. The molecule has 5 rings (SSSR count). The summed E-state index contributed by atoms with van der Waals surface area (Å²) in [6.45, 7) is -0.950. The molecule has 11 N–H and O–H groups in total. The van der Waals surface area contributed by atoms with E-state index in [0.29, 0.717) is 24.3 Å². The second kappa shape index (κ2) is 11.1. The summed E-state index contributed by atoms with van der Waals surface area (Å²) in [4.78, 5) is 38.2. The maximum absolute atomic E-state index is 13.2. The average molecular weight is 634 g/mol. The van der Waals surface area contributed by atoms with E-state index in [1.165, 1.54) is 0 Å². The van der Waals surface area contributed by atoms with Crippen molar-refractivity contribution in [1.29, 1.82) is 0 Å². The van der Waals surface area contributed by atoms with Crippen LogP contribution >= 0.6 is 0 Å². The van der Waals surface area contributed by atoms with Crippen molar-refractivity contribution in [2.75, 3.05) is 6.61 Å². The molecule has 0 bridgehead atoms. The molecule has 0 radical (unpaired) electrons. The predicted octanol–water partition coefficient (Wildman–Crippen LogP) is -0.588. The number of aliphatic hydroxyl groups is 3. The Balaban J connectivity index is 1.44. The zero-order valence-electron chi connectivity index (χ0n) is 22.2. The molecule has 238 valence electrons. The molecule has 0 saturated carbocycles. The zero-order valence-corrected chi connectivity index (χ0v) is 22.2. The van der Waals surface area contributed by atoms with E-state index in [1.807, 2.05) is 0 Å². The summed E-state index contributed by atoms with van der Waals surface area (Å²) in [6, 6.07) is 2.76. The third-order valence-electron chi connectivity index (χ3n) is 6.95. The number of fused-ring (bicyclic) bond motifs is 3. The molecule has 1 aromatic heterocycles. The van der Waals surface area contributed by atoms with Gasteiger partial charge in [-0.25, -0.2) is 14.4 Å². The standard InChI is InChI=1S/C27H22O18/c28-9-1-6(2-10(29)16(9)32)24(39)45-27-22(38)21(37)19(35)13(43-27)5-42-25(40)8-4-12(31)18(34)23-15(8)14-7(26(41)44-23)3-11(30)17(33)20(14)36/h1-4,13,19,21-22,27-38H,5H2. The normalized spacial score (nSPS) is 21.5. The van der Waals surface area contributed by atoms with E-state index in [2.05, 4.69) is 0 Å². The van der Waals surface area contributed by atoms with Gasteiger partial charge in [0.2, 0.25) is 17.8 Å². The van der Waals surface area contributed by atoms with Gasteiger partial charge in [-0.15, -0.1) is 0 Å². The number of esters is 2. The van der Waals surface area contributed by atoms with E-state index in [0.717, 1.165) is 0 Å². The minimum absolute atomic E-state index is 0.525. The minimum Gasteiger partial charge on any atom is -0.504 e. The van der Waals surface area contributed by atoms with Crippen LogP contribution in [0.2, 0.25) is 0 Å². The second-order valence-corrected chi connectivity index (χ2v) is 9.78. The van der Waals surface area contributed by atoms with E-state index in [4.69, 9.17) is 18.6 Å². The van der Waals surface area contributed by atoms with Crippen LogP contribution in [0.3, 0.4) is 0 Å². The molecule has 0 aliphatic carbocycles. The van der Waals surface area contributed by atoms with Gasteiger partial charge in [0, 0.05) is 10.8 Å². The van der Waals surface area contributed by atoms with Gasteiger partial charge in [0.05, 0.1) is 16.5 Å². The van der Waals surface area contributed by atoms with Gasteiger partial charge in [-0.2, -0.15) is 0 Å². The second-order valence-electron chi connectivity index (χ2n) is 9.78. The van der Waals surface area contributed by atoms with Crippen molar-refractivity contribution in [3.8, 4) is 46.0 Å². The monoisotopic (exact) mass is 634 g/mol. The Morgan fingerprint density at radius 3 is 1.93 bits per heavy atom. The lowest BCUT2D eigenvalue weighted by atomic mass is 9.99. The topological polar surface area (TPSA) is 315 Å². The largest absolute Gasteiger partial charge is 0.504 e. The number of phenols is 8. The Bertz CT molecular complexity index is 1910. The predicted molar refractivity (Wildman–Crippen MR) is 142 cm³/mol. The SMILES string of the molecule is O=C(OC1OC(COC(=O)c2cc(O)c(O)c3oc(=O)c4cc(O)c(O)c(O)c4c23)C(O)C(O)C1O)c1cc(O)c(O)c(O)c1. The Morgan fingerprint density at radius 1 is 0.689 bits per heavy atom. The lowest BCUT2D eigenvalue weighted by molar-refractivity contribution is -0.285. The fourth-order valence-electron chi connectivity index (χ4n) is 4.63. The van der Waals surface area contributed by atoms with Gasteiger partial charge in [0.1, 0.15) is 31.0 Å². The van der Waals surface area contributed by atoms with Crippen molar-refractivity contribution >= 4 is 33.7 Å². The average Bonchev–Trinajstić information content (AvgIpc) is 2.99. The van der Waals surface area contributed by atoms with Crippen LogP contribution in [-0.4, -0.2) is 105 Å². The molecule has 1 aliphatic rings. The Morgan fingerprint density at radius 2 is 1.29 bits per heavy atom. The molecule has 45 heavy (non-hydrogen) atoms. The number of ether oxygens (including phenoxy) is 3. The minimum atomic E-state index is -2.06. The van der Waals surface area contributed by atoms with Crippen molar-refractivity contribution in [3.63, 3.8) is 0 Å². The molecule has 3 aromatic carbocycles. The smallest absolute Gasteiger partial charge is 0.344 e. The van der Waals surface area contributed by atoms with Crippen LogP contribution in [-0.2, 0) is 14.2 Å². The van der Waals surface area contributed by atoms with Crippen LogP contribution in [0.4, 0.5) is 0 Å². The molecular weight excluding hydrogens is 612 g/mol. The number of benzene rings is 3. The van der Waals surface area contributed by atoms with E-state index in [-0.39, 0.29) is 0 Å². The van der Waals surface area contributed by atoms with Gasteiger partial charge in [0.25, 0.3) is 0 Å². The van der Waals surface area contributed by atoms with Crippen molar-refractivity contribution in [1.82, 2.24) is 0 Å². The number of rotatable bonds is 5. The van der Waals surface area contributed by atoms with E-state index in [9.17, 15) is 70.6 Å². The molecule has 5 atom stereocenters. The van der Waals surface area contributed by atoms with Crippen molar-refractivity contribution in [2.24, 2.45) is 0 Å². The van der Waals surface area contributed by atoms with Crippen LogP contribution < -0.4 is 5.63 Å². The molecule has 0 amide bonds. The van der Waals surface area contributed by atoms with Crippen LogP contribution in [0.1, 0.15) is 20.7 Å². The zero-order chi connectivity index (χ0) is 33.1. The Kier molecular flexibility index (Phi) is 7.59. The van der Waals surface area contributed by atoms with Crippen molar-refractivity contribution < 1.29 is 84.4 Å². The first-order valence-electron chi connectivity index (χ1n) is 12.5. The molecule has 0 spiro atoms. The number of hydrogen-bond acceptors (Lipinski definition) is 18. The third kappa shape index (κ3) is 5.12. The van der Waals surface area contributed by atoms with Crippen LogP contribution in [0, 0.1) is 0 Å². The Labute approximate surface area is 247 Å². The molecule has 18 heteroatoms. The number of carbonyl (C=O) groups excluding carboxylic acids is 2. The molecule has 1 aliphatic heterocycles. The summed E-state index contributed by atoms with van der Waals surface area (Å²) >= 11 is 0. The van der Waals surface area contributed by atoms with Gasteiger partial charge in [0.15, 0.2) is 40.1 Å². The summed E-state index contributed by atoms with van der Waals surface area (Å²) < 4.78 is 20.4. The number of aliphatic hydroxyl groups excluding tert-OH is 3. The highest BCUT2D eigenvalue weighted by atomic mass is 16.7. The van der Waals surface area contributed by atoms with Gasteiger partial charge in [-0.1, -0.05) is 0 Å². The number of aromatic hydroxyl groups is 8. The number of carbonyl (C=O) groups is 2. The van der Waals surface area contributed by atoms with E-state index in [1.54, 1.807) is 0 Å². The van der Waals surface area contributed by atoms with Gasteiger partial charge in [-0.05, 0) is 24.3 Å². The molecule has 1 saturated heterocycles.